The fourth-order valence-corrected chi connectivity index (χ4v) is 1.15. The largest absolute Gasteiger partial charge is 0.573 e. The summed E-state index contributed by atoms with van der Waals surface area (Å²) in [5.41, 5.74) is 5.66. The first-order valence-corrected chi connectivity index (χ1v) is 4.39. The van der Waals surface area contributed by atoms with Crippen molar-refractivity contribution in [3.8, 4) is 17.2 Å². The second kappa shape index (κ2) is 3.96. The highest BCUT2D eigenvalue weighted by Crippen LogP contribution is 2.25. The van der Waals surface area contributed by atoms with Crippen LogP contribution >= 0.6 is 0 Å². The second-order valence-electron chi connectivity index (χ2n) is 3.02. The molecule has 2 N–H and O–H groups in total. The van der Waals surface area contributed by atoms with Crippen LogP contribution in [-0.2, 0) is 0 Å². The minimum Gasteiger partial charge on any atom is -0.406 e. The van der Waals surface area contributed by atoms with E-state index in [9.17, 15) is 13.2 Å². The van der Waals surface area contributed by atoms with Crippen molar-refractivity contribution in [2.75, 3.05) is 5.73 Å². The van der Waals surface area contributed by atoms with E-state index in [1.54, 1.807) is 0 Å². The molecule has 1 aromatic carbocycles. The number of rotatable bonds is 2. The lowest BCUT2D eigenvalue weighted by Gasteiger charge is -2.08. The molecule has 0 atom stereocenters. The summed E-state index contributed by atoms with van der Waals surface area (Å²) in [6.07, 6.45) is -4.71. The van der Waals surface area contributed by atoms with Crippen molar-refractivity contribution in [2.45, 2.75) is 6.36 Å². The number of ether oxygens (including phenoxy) is 1. The minimum atomic E-state index is -4.71. The molecule has 17 heavy (non-hydrogen) atoms. The number of nitrogen functional groups attached to an aromatic ring is 1. The molecule has 2 aromatic rings. The van der Waals surface area contributed by atoms with Crippen LogP contribution in [0.5, 0.6) is 5.75 Å². The lowest BCUT2D eigenvalue weighted by Crippen LogP contribution is -2.16. The van der Waals surface area contributed by atoms with Crippen LogP contribution in [0.2, 0.25) is 0 Å². The summed E-state index contributed by atoms with van der Waals surface area (Å²) < 4.78 is 44.3. The number of hydrogen-bond donors (Lipinski definition) is 1. The SMILES string of the molecule is Nc1nnc(-c2ccc(OC(F)(F)F)cc2)o1. The number of nitrogens with zero attached hydrogens (tertiary/aromatic N) is 2. The summed E-state index contributed by atoms with van der Waals surface area (Å²) in [5.74, 6) is -0.199. The van der Waals surface area contributed by atoms with E-state index in [2.05, 4.69) is 14.9 Å². The van der Waals surface area contributed by atoms with Gasteiger partial charge >= 0.3 is 12.4 Å². The number of hydrogen-bond acceptors (Lipinski definition) is 5. The number of nitrogens with two attached hydrogens (primary N) is 1. The summed E-state index contributed by atoms with van der Waals surface area (Å²) in [7, 11) is 0. The summed E-state index contributed by atoms with van der Waals surface area (Å²) >= 11 is 0. The van der Waals surface area contributed by atoms with Crippen molar-refractivity contribution in [3.05, 3.63) is 24.3 Å². The lowest BCUT2D eigenvalue weighted by atomic mass is 10.2. The number of aromatic nitrogens is 2. The monoisotopic (exact) mass is 245 g/mol. The quantitative estimate of drug-likeness (QED) is 0.877. The molecule has 1 aromatic heterocycles. The molecule has 0 bridgehead atoms. The van der Waals surface area contributed by atoms with Crippen LogP contribution < -0.4 is 10.5 Å². The first kappa shape index (κ1) is 11.2. The van der Waals surface area contributed by atoms with Crippen molar-refractivity contribution in [1.82, 2.24) is 10.2 Å². The molecule has 8 heteroatoms. The Morgan fingerprint density at radius 1 is 1.12 bits per heavy atom. The number of halogens is 3. The van der Waals surface area contributed by atoms with E-state index in [1.165, 1.54) is 12.1 Å². The molecule has 1 heterocycles. The third-order valence-corrected chi connectivity index (χ3v) is 1.78. The molecule has 0 radical (unpaired) electrons. The van der Waals surface area contributed by atoms with E-state index in [1.807, 2.05) is 0 Å². The van der Waals surface area contributed by atoms with Gasteiger partial charge in [-0.05, 0) is 24.3 Å². The Kier molecular flexibility index (Phi) is 2.62. The highest BCUT2D eigenvalue weighted by molar-refractivity contribution is 5.54. The molecular weight excluding hydrogens is 239 g/mol. The molecule has 0 saturated heterocycles. The number of alkyl halides is 3. The molecule has 0 unspecified atom stereocenters. The predicted octanol–water partition coefficient (Wildman–Crippen LogP) is 2.22. The predicted molar refractivity (Wildman–Crippen MR) is 50.8 cm³/mol. The third kappa shape index (κ3) is 2.86. The average Bonchev–Trinajstić information content (AvgIpc) is 2.63. The van der Waals surface area contributed by atoms with Crippen molar-refractivity contribution >= 4 is 6.01 Å². The van der Waals surface area contributed by atoms with E-state index in [0.717, 1.165) is 12.1 Å². The molecule has 0 fully saturated rings. The third-order valence-electron chi connectivity index (χ3n) is 1.78. The normalized spacial score (nSPS) is 11.5. The van der Waals surface area contributed by atoms with Gasteiger partial charge in [-0.1, -0.05) is 5.10 Å². The fraction of sp³-hybridized carbons (Fsp3) is 0.111. The lowest BCUT2D eigenvalue weighted by molar-refractivity contribution is -0.274. The fourth-order valence-electron chi connectivity index (χ4n) is 1.15. The maximum absolute atomic E-state index is 11.9. The first-order chi connectivity index (χ1) is 7.94. The Morgan fingerprint density at radius 2 is 1.76 bits per heavy atom. The number of benzene rings is 1. The van der Waals surface area contributed by atoms with Crippen molar-refractivity contribution in [3.63, 3.8) is 0 Å². The highest BCUT2D eigenvalue weighted by atomic mass is 19.4. The smallest absolute Gasteiger partial charge is 0.406 e. The van der Waals surface area contributed by atoms with Crippen LogP contribution in [0.1, 0.15) is 0 Å². The van der Waals surface area contributed by atoms with Gasteiger partial charge in [-0.2, -0.15) is 0 Å². The van der Waals surface area contributed by atoms with Crippen LogP contribution in [0, 0.1) is 0 Å². The molecule has 0 aliphatic heterocycles. The van der Waals surface area contributed by atoms with E-state index < -0.39 is 6.36 Å². The Morgan fingerprint density at radius 3 is 2.24 bits per heavy atom. The molecule has 0 spiro atoms. The van der Waals surface area contributed by atoms with Gasteiger partial charge in [0.2, 0.25) is 5.89 Å². The average molecular weight is 245 g/mol. The van der Waals surface area contributed by atoms with Gasteiger partial charge in [0.25, 0.3) is 0 Å². The summed E-state index contributed by atoms with van der Waals surface area (Å²) in [6.45, 7) is 0. The van der Waals surface area contributed by atoms with Gasteiger partial charge in [0, 0.05) is 5.56 Å². The molecule has 0 saturated carbocycles. The number of anilines is 1. The standard InChI is InChI=1S/C9H6F3N3O2/c10-9(11,12)17-6-3-1-5(2-4-6)7-14-15-8(13)16-7/h1-4H,(H2,13,15). The van der Waals surface area contributed by atoms with E-state index in [0.29, 0.717) is 5.56 Å². The van der Waals surface area contributed by atoms with Gasteiger partial charge in [0.1, 0.15) is 5.75 Å². The van der Waals surface area contributed by atoms with Crippen LogP contribution in [0.4, 0.5) is 19.2 Å². The summed E-state index contributed by atoms with van der Waals surface area (Å²) in [4.78, 5) is 0. The van der Waals surface area contributed by atoms with Crippen molar-refractivity contribution < 1.29 is 22.3 Å². The Balaban J connectivity index is 2.19. The van der Waals surface area contributed by atoms with Gasteiger partial charge < -0.3 is 14.9 Å². The molecule has 0 aliphatic rings. The zero-order chi connectivity index (χ0) is 12.5. The van der Waals surface area contributed by atoms with Gasteiger partial charge in [-0.3, -0.25) is 0 Å². The van der Waals surface area contributed by atoms with Crippen LogP contribution in [0.15, 0.2) is 28.7 Å². The summed E-state index contributed by atoms with van der Waals surface area (Å²) in [5, 5.41) is 7.01. The second-order valence-corrected chi connectivity index (χ2v) is 3.02. The van der Waals surface area contributed by atoms with Crippen molar-refractivity contribution in [1.29, 1.82) is 0 Å². The van der Waals surface area contributed by atoms with Crippen LogP contribution in [0.25, 0.3) is 11.5 Å². The van der Waals surface area contributed by atoms with Gasteiger partial charge in [0.05, 0.1) is 0 Å². The minimum absolute atomic E-state index is 0.115. The molecule has 0 aliphatic carbocycles. The molecule has 5 nitrogen and oxygen atoms in total. The molecule has 90 valence electrons. The van der Waals surface area contributed by atoms with E-state index >= 15 is 0 Å². The Bertz CT molecular complexity index is 507. The van der Waals surface area contributed by atoms with Gasteiger partial charge in [-0.15, -0.1) is 18.3 Å². The van der Waals surface area contributed by atoms with Crippen LogP contribution in [-0.4, -0.2) is 16.6 Å². The van der Waals surface area contributed by atoms with E-state index in [4.69, 9.17) is 10.2 Å². The maximum atomic E-state index is 11.9. The van der Waals surface area contributed by atoms with Gasteiger partial charge in [-0.25, -0.2) is 0 Å². The zero-order valence-electron chi connectivity index (χ0n) is 8.23. The Labute approximate surface area is 93.0 Å². The first-order valence-electron chi connectivity index (χ1n) is 4.39. The molecule has 0 amide bonds. The zero-order valence-corrected chi connectivity index (χ0v) is 8.23. The topological polar surface area (TPSA) is 74.2 Å². The van der Waals surface area contributed by atoms with E-state index in [-0.39, 0.29) is 17.7 Å². The van der Waals surface area contributed by atoms with Crippen LogP contribution in [0.3, 0.4) is 0 Å². The molecular formula is C9H6F3N3O2. The maximum Gasteiger partial charge on any atom is 0.573 e. The highest BCUT2D eigenvalue weighted by Gasteiger charge is 2.31. The van der Waals surface area contributed by atoms with Gasteiger partial charge in [0.15, 0.2) is 0 Å². The Hall–Kier alpha value is -2.25. The van der Waals surface area contributed by atoms with Crippen molar-refractivity contribution in [2.24, 2.45) is 0 Å². The molecule has 2 rings (SSSR count). The summed E-state index contributed by atoms with van der Waals surface area (Å²) in [6, 6.07) is 4.88.